The number of aryl methyl sites for hydroxylation is 2. The molecule has 1 fully saturated rings. The Morgan fingerprint density at radius 1 is 1.19 bits per heavy atom. The molecule has 0 N–H and O–H groups in total. The molecule has 0 radical (unpaired) electrons. The second-order valence-electron chi connectivity index (χ2n) is 7.06. The first kappa shape index (κ1) is 16.3. The van der Waals surface area contributed by atoms with Crippen LogP contribution >= 0.6 is 23.1 Å². The number of carbonyl (C=O) groups excluding carboxylic acids is 1. The molecule has 132 valence electrons. The highest BCUT2D eigenvalue weighted by Gasteiger charge is 2.40. The smallest absolute Gasteiger partial charge is 0.230 e. The van der Waals surface area contributed by atoms with Gasteiger partial charge in [0.05, 0.1) is 11.7 Å². The summed E-state index contributed by atoms with van der Waals surface area (Å²) in [5.74, 6) is 1.04. The highest BCUT2D eigenvalue weighted by Crippen LogP contribution is 2.47. The number of thioether (sulfide) groups is 1. The number of fused-ring (bicyclic) bond motifs is 3. The summed E-state index contributed by atoms with van der Waals surface area (Å²) in [5.41, 5.74) is 6.35. The third-order valence-electron chi connectivity index (χ3n) is 5.35. The van der Waals surface area contributed by atoms with Crippen LogP contribution in [0.1, 0.15) is 46.9 Å². The van der Waals surface area contributed by atoms with E-state index in [-0.39, 0.29) is 11.9 Å². The largest absolute Gasteiger partial charge is 0.279 e. The number of nitrogens with zero attached hydrogens (tertiary/aromatic N) is 2. The van der Waals surface area contributed by atoms with Crippen molar-refractivity contribution in [3.05, 3.63) is 62.9 Å². The Morgan fingerprint density at radius 3 is 2.96 bits per heavy atom. The predicted octanol–water partition coefficient (Wildman–Crippen LogP) is 5.18. The molecular weight excluding hydrogens is 360 g/mol. The molecule has 3 aliphatic rings. The molecule has 1 amide bonds. The van der Waals surface area contributed by atoms with Crippen LogP contribution in [0.2, 0.25) is 0 Å². The van der Waals surface area contributed by atoms with E-state index >= 15 is 0 Å². The molecule has 0 bridgehead atoms. The fraction of sp³-hybridized carbons (Fsp3) is 0.333. The van der Waals surface area contributed by atoms with Crippen LogP contribution in [-0.2, 0) is 11.2 Å². The quantitative estimate of drug-likeness (QED) is 0.683. The van der Waals surface area contributed by atoms with Crippen molar-refractivity contribution in [2.24, 2.45) is 4.99 Å². The third kappa shape index (κ3) is 2.57. The molecule has 0 saturated carbocycles. The van der Waals surface area contributed by atoms with E-state index in [1.54, 1.807) is 23.1 Å². The normalized spacial score (nSPS) is 22.3. The molecule has 1 saturated heterocycles. The first-order valence-electron chi connectivity index (χ1n) is 9.12. The van der Waals surface area contributed by atoms with E-state index in [4.69, 9.17) is 4.99 Å². The summed E-state index contributed by atoms with van der Waals surface area (Å²) in [6.45, 7) is 2.14. The zero-order valence-electron chi connectivity index (χ0n) is 14.7. The van der Waals surface area contributed by atoms with E-state index in [2.05, 4.69) is 42.6 Å². The number of amidine groups is 1. The Labute approximate surface area is 161 Å². The SMILES string of the molecule is Cc1ccc2c(c1)C1=C(CCC2)C(c2cccs2)N2C(=O)CCSC2=N1. The van der Waals surface area contributed by atoms with Crippen molar-refractivity contribution >= 4 is 39.9 Å². The van der Waals surface area contributed by atoms with Gasteiger partial charge in [-0.05, 0) is 54.8 Å². The molecule has 1 aromatic heterocycles. The second-order valence-corrected chi connectivity index (χ2v) is 9.10. The Morgan fingerprint density at radius 2 is 2.12 bits per heavy atom. The molecular formula is C21H20N2OS2. The molecule has 1 aromatic carbocycles. The van der Waals surface area contributed by atoms with E-state index in [9.17, 15) is 4.79 Å². The molecule has 2 aliphatic heterocycles. The van der Waals surface area contributed by atoms with Gasteiger partial charge in [-0.15, -0.1) is 11.3 Å². The van der Waals surface area contributed by atoms with Gasteiger partial charge >= 0.3 is 0 Å². The molecule has 5 heteroatoms. The van der Waals surface area contributed by atoms with Crippen molar-refractivity contribution < 1.29 is 4.79 Å². The zero-order chi connectivity index (χ0) is 17.7. The van der Waals surface area contributed by atoms with Gasteiger partial charge < -0.3 is 0 Å². The molecule has 26 heavy (non-hydrogen) atoms. The van der Waals surface area contributed by atoms with Crippen LogP contribution < -0.4 is 0 Å². The molecule has 3 heterocycles. The third-order valence-corrected chi connectivity index (χ3v) is 7.23. The lowest BCUT2D eigenvalue weighted by Crippen LogP contribution is -2.44. The van der Waals surface area contributed by atoms with Gasteiger partial charge in [-0.1, -0.05) is 35.5 Å². The molecule has 1 unspecified atom stereocenters. The number of rotatable bonds is 1. The van der Waals surface area contributed by atoms with Gasteiger partial charge in [0.15, 0.2) is 5.17 Å². The number of amides is 1. The fourth-order valence-electron chi connectivity index (χ4n) is 4.15. The monoisotopic (exact) mass is 380 g/mol. The number of hydrogen-bond donors (Lipinski definition) is 0. The lowest BCUT2D eigenvalue weighted by molar-refractivity contribution is -0.128. The predicted molar refractivity (Wildman–Crippen MR) is 109 cm³/mol. The van der Waals surface area contributed by atoms with Crippen molar-refractivity contribution in [1.29, 1.82) is 0 Å². The molecule has 2 aromatic rings. The minimum absolute atomic E-state index is 0.0178. The average Bonchev–Trinajstić information content (AvgIpc) is 3.10. The summed E-state index contributed by atoms with van der Waals surface area (Å²) >= 11 is 3.46. The number of hydrogen-bond acceptors (Lipinski definition) is 4. The van der Waals surface area contributed by atoms with Gasteiger partial charge in [-0.2, -0.15) is 0 Å². The average molecular weight is 381 g/mol. The number of thiophene rings is 1. The van der Waals surface area contributed by atoms with Crippen molar-refractivity contribution in [3.8, 4) is 0 Å². The molecule has 1 aliphatic carbocycles. The van der Waals surface area contributed by atoms with Crippen molar-refractivity contribution in [1.82, 2.24) is 4.90 Å². The lowest BCUT2D eigenvalue weighted by Gasteiger charge is -2.39. The number of aliphatic imine (C=N–C) groups is 1. The Kier molecular flexibility index (Phi) is 4.02. The Balaban J connectivity index is 1.76. The minimum Gasteiger partial charge on any atom is -0.279 e. The molecule has 5 rings (SSSR count). The topological polar surface area (TPSA) is 32.7 Å². The Bertz CT molecular complexity index is 943. The van der Waals surface area contributed by atoms with Gasteiger partial charge in [0.2, 0.25) is 5.91 Å². The van der Waals surface area contributed by atoms with Crippen LogP contribution in [0.15, 0.2) is 46.3 Å². The van der Waals surface area contributed by atoms with Gasteiger partial charge in [0.25, 0.3) is 0 Å². The maximum atomic E-state index is 12.8. The summed E-state index contributed by atoms with van der Waals surface area (Å²) in [6.07, 6.45) is 3.78. The Hall–Kier alpha value is -1.85. The van der Waals surface area contributed by atoms with Gasteiger partial charge in [-0.3, -0.25) is 9.69 Å². The van der Waals surface area contributed by atoms with Crippen molar-refractivity contribution in [3.63, 3.8) is 0 Å². The molecule has 3 nitrogen and oxygen atoms in total. The summed E-state index contributed by atoms with van der Waals surface area (Å²) in [7, 11) is 0. The summed E-state index contributed by atoms with van der Waals surface area (Å²) in [4.78, 5) is 21.1. The second kappa shape index (κ2) is 6.39. The number of benzene rings is 1. The van der Waals surface area contributed by atoms with E-state index < -0.39 is 0 Å². The fourth-order valence-corrected chi connectivity index (χ4v) is 5.96. The molecule has 1 atom stereocenters. The maximum absolute atomic E-state index is 12.8. The van der Waals surface area contributed by atoms with E-state index in [0.717, 1.165) is 35.9 Å². The first-order chi connectivity index (χ1) is 12.7. The van der Waals surface area contributed by atoms with Crippen molar-refractivity contribution in [2.75, 3.05) is 5.75 Å². The summed E-state index contributed by atoms with van der Waals surface area (Å²) in [6, 6.07) is 11.0. The standard InChI is InChI=1S/C21H20N2OS2/c1-13-7-8-14-4-2-5-15-19(16(14)12-13)22-21-23(18(24)9-11-26-21)20(15)17-6-3-10-25-17/h3,6-8,10,12,20H,2,4-5,9,11H2,1H3. The molecule has 0 spiro atoms. The van der Waals surface area contributed by atoms with Gasteiger partial charge in [-0.25, -0.2) is 4.99 Å². The van der Waals surface area contributed by atoms with Crippen LogP contribution in [0.4, 0.5) is 0 Å². The summed E-state index contributed by atoms with van der Waals surface area (Å²) in [5, 5.41) is 2.99. The van der Waals surface area contributed by atoms with Gasteiger partial charge in [0.1, 0.15) is 0 Å². The first-order valence-corrected chi connectivity index (χ1v) is 11.0. The van der Waals surface area contributed by atoms with Gasteiger partial charge in [0, 0.05) is 22.6 Å². The van der Waals surface area contributed by atoms with Crippen LogP contribution in [0, 0.1) is 6.92 Å². The van der Waals surface area contributed by atoms with Crippen LogP contribution in [0.5, 0.6) is 0 Å². The van der Waals surface area contributed by atoms with Crippen LogP contribution in [0.25, 0.3) is 5.70 Å². The highest BCUT2D eigenvalue weighted by molar-refractivity contribution is 8.14. The minimum atomic E-state index is 0.0178. The lowest BCUT2D eigenvalue weighted by atomic mass is 9.93. The van der Waals surface area contributed by atoms with E-state index in [1.807, 2.05) is 4.90 Å². The van der Waals surface area contributed by atoms with Crippen LogP contribution in [0.3, 0.4) is 0 Å². The summed E-state index contributed by atoms with van der Waals surface area (Å²) < 4.78 is 0. The van der Waals surface area contributed by atoms with Crippen molar-refractivity contribution in [2.45, 2.75) is 38.6 Å². The van der Waals surface area contributed by atoms with E-state index in [0.29, 0.717) is 6.42 Å². The zero-order valence-corrected chi connectivity index (χ0v) is 16.3. The highest BCUT2D eigenvalue weighted by atomic mass is 32.2. The van der Waals surface area contributed by atoms with Crippen LogP contribution in [-0.4, -0.2) is 21.7 Å². The van der Waals surface area contributed by atoms with E-state index in [1.165, 1.54) is 27.1 Å². The maximum Gasteiger partial charge on any atom is 0.230 e. The number of carbonyl (C=O) groups is 1.